The molecule has 1 aliphatic rings. The zero-order valence-corrected chi connectivity index (χ0v) is 15.9. The molecule has 1 atom stereocenters. The Morgan fingerprint density at radius 1 is 1.11 bits per heavy atom. The number of rotatable bonds is 6. The van der Waals surface area contributed by atoms with Crippen molar-refractivity contribution in [1.82, 2.24) is 0 Å². The molecular weight excluding hydrogens is 369 g/mol. The van der Waals surface area contributed by atoms with Crippen LogP contribution >= 0.6 is 0 Å². The molecule has 0 bridgehead atoms. The Morgan fingerprint density at radius 3 is 2.43 bits per heavy atom. The minimum Gasteiger partial charge on any atom is -0.491 e. The zero-order chi connectivity index (χ0) is 20.1. The number of piperazine rings is 1. The van der Waals surface area contributed by atoms with Gasteiger partial charge in [-0.15, -0.1) is 0 Å². The summed E-state index contributed by atoms with van der Waals surface area (Å²) < 4.78 is 44.3. The number of aliphatic hydroxyl groups excluding tert-OH is 1. The number of alkyl halides is 3. The van der Waals surface area contributed by atoms with Gasteiger partial charge in [0.25, 0.3) is 0 Å². The summed E-state index contributed by atoms with van der Waals surface area (Å²) in [6.07, 6.45) is -4.92. The summed E-state index contributed by atoms with van der Waals surface area (Å²) in [5, 5.41) is 10.2. The molecule has 4 nitrogen and oxygen atoms in total. The van der Waals surface area contributed by atoms with Crippen LogP contribution in [0, 0.1) is 6.92 Å². The first-order valence-corrected chi connectivity index (χ1v) is 9.44. The molecule has 1 fully saturated rings. The van der Waals surface area contributed by atoms with E-state index in [1.165, 1.54) is 17.0 Å². The van der Waals surface area contributed by atoms with Crippen molar-refractivity contribution in [3.63, 3.8) is 0 Å². The number of anilines is 1. The highest BCUT2D eigenvalue weighted by molar-refractivity contribution is 5.49. The Hall–Kier alpha value is -2.25. The number of halogens is 3. The van der Waals surface area contributed by atoms with Crippen LogP contribution < -0.4 is 14.5 Å². The lowest BCUT2D eigenvalue weighted by atomic mass is 10.1. The van der Waals surface area contributed by atoms with Crippen LogP contribution in [0.3, 0.4) is 0 Å². The van der Waals surface area contributed by atoms with E-state index in [0.717, 1.165) is 30.5 Å². The average Bonchev–Trinajstić information content (AvgIpc) is 2.68. The van der Waals surface area contributed by atoms with Crippen LogP contribution in [0.5, 0.6) is 5.75 Å². The van der Waals surface area contributed by atoms with Crippen molar-refractivity contribution >= 4 is 5.69 Å². The maximum atomic E-state index is 12.9. The first-order chi connectivity index (χ1) is 13.3. The first kappa shape index (κ1) is 20.5. The standard InChI is InChI=1S/C21H25F3N2O2/c1-16-5-7-20(8-6-16)28-15-19(27)14-25-9-11-26(12-10-25)18-4-2-3-17(13-18)21(22,23)24/h2-8,13,19,27H,9-12,14-15H2,1H3/p+1/t19-/m1/s1. The molecule has 2 aromatic carbocycles. The van der Waals surface area contributed by atoms with Crippen LogP contribution in [0.2, 0.25) is 0 Å². The summed E-state index contributed by atoms with van der Waals surface area (Å²) in [6, 6.07) is 13.1. The van der Waals surface area contributed by atoms with Gasteiger partial charge in [0.15, 0.2) is 0 Å². The maximum absolute atomic E-state index is 12.9. The van der Waals surface area contributed by atoms with Crippen molar-refractivity contribution < 1.29 is 27.9 Å². The highest BCUT2D eigenvalue weighted by Gasteiger charge is 2.31. The van der Waals surface area contributed by atoms with E-state index in [1.807, 2.05) is 36.1 Å². The van der Waals surface area contributed by atoms with Gasteiger partial charge < -0.3 is 19.6 Å². The maximum Gasteiger partial charge on any atom is 0.416 e. The number of ether oxygens (including phenoxy) is 1. The minimum atomic E-state index is -4.33. The van der Waals surface area contributed by atoms with E-state index in [-0.39, 0.29) is 6.61 Å². The van der Waals surface area contributed by atoms with E-state index in [2.05, 4.69) is 0 Å². The van der Waals surface area contributed by atoms with Gasteiger partial charge in [0, 0.05) is 5.69 Å². The second-order valence-electron chi connectivity index (χ2n) is 7.27. The van der Waals surface area contributed by atoms with Crippen LogP contribution in [-0.4, -0.2) is 50.5 Å². The second-order valence-corrected chi connectivity index (χ2v) is 7.27. The van der Waals surface area contributed by atoms with Crippen molar-refractivity contribution in [3.05, 3.63) is 59.7 Å². The van der Waals surface area contributed by atoms with E-state index in [4.69, 9.17) is 4.74 Å². The molecule has 0 aliphatic carbocycles. The molecule has 0 amide bonds. The fourth-order valence-electron chi connectivity index (χ4n) is 3.38. The highest BCUT2D eigenvalue weighted by atomic mass is 19.4. The smallest absolute Gasteiger partial charge is 0.416 e. The van der Waals surface area contributed by atoms with E-state index in [9.17, 15) is 18.3 Å². The molecule has 2 aromatic rings. The molecule has 1 saturated heterocycles. The summed E-state index contributed by atoms with van der Waals surface area (Å²) in [7, 11) is 0. The van der Waals surface area contributed by atoms with E-state index in [1.54, 1.807) is 6.07 Å². The van der Waals surface area contributed by atoms with Crippen molar-refractivity contribution in [2.75, 3.05) is 44.2 Å². The Labute approximate surface area is 163 Å². The largest absolute Gasteiger partial charge is 0.491 e. The zero-order valence-electron chi connectivity index (χ0n) is 15.9. The number of benzene rings is 2. The van der Waals surface area contributed by atoms with Gasteiger partial charge in [0.05, 0.1) is 31.7 Å². The number of nitrogens with one attached hydrogen (secondary N) is 1. The quantitative estimate of drug-likeness (QED) is 0.787. The summed E-state index contributed by atoms with van der Waals surface area (Å²) in [5.41, 5.74) is 1.12. The molecule has 0 aromatic heterocycles. The lowest BCUT2D eigenvalue weighted by Crippen LogP contribution is -3.16. The van der Waals surface area contributed by atoms with Gasteiger partial charge in [0.1, 0.15) is 25.0 Å². The van der Waals surface area contributed by atoms with Gasteiger partial charge in [-0.3, -0.25) is 0 Å². The molecular formula is C21H26F3N2O2+. The molecule has 0 radical (unpaired) electrons. The average molecular weight is 395 g/mol. The lowest BCUT2D eigenvalue weighted by molar-refractivity contribution is -0.903. The monoisotopic (exact) mass is 395 g/mol. The molecule has 28 heavy (non-hydrogen) atoms. The molecule has 0 saturated carbocycles. The van der Waals surface area contributed by atoms with Gasteiger partial charge >= 0.3 is 6.18 Å². The van der Waals surface area contributed by atoms with Crippen LogP contribution in [0.25, 0.3) is 0 Å². The Bertz CT molecular complexity index is 757. The summed E-state index contributed by atoms with van der Waals surface area (Å²) in [5.74, 6) is 0.731. The van der Waals surface area contributed by atoms with Crippen molar-refractivity contribution in [1.29, 1.82) is 0 Å². The fourth-order valence-corrected chi connectivity index (χ4v) is 3.38. The van der Waals surface area contributed by atoms with Crippen molar-refractivity contribution in [2.45, 2.75) is 19.2 Å². The molecule has 0 spiro atoms. The van der Waals surface area contributed by atoms with Gasteiger partial charge in [-0.25, -0.2) is 0 Å². The second kappa shape index (κ2) is 8.84. The van der Waals surface area contributed by atoms with Gasteiger partial charge in [-0.05, 0) is 37.3 Å². The van der Waals surface area contributed by atoms with Crippen LogP contribution in [-0.2, 0) is 6.18 Å². The third-order valence-electron chi connectivity index (χ3n) is 5.00. The highest BCUT2D eigenvalue weighted by Crippen LogP contribution is 2.31. The number of aryl methyl sites for hydroxylation is 1. The number of quaternary nitrogens is 1. The molecule has 1 heterocycles. The number of hydrogen-bond donors (Lipinski definition) is 2. The topological polar surface area (TPSA) is 37.1 Å². The number of nitrogens with zero attached hydrogens (tertiary/aromatic N) is 1. The molecule has 152 valence electrons. The Morgan fingerprint density at radius 2 is 1.79 bits per heavy atom. The Kier molecular flexibility index (Phi) is 6.46. The van der Waals surface area contributed by atoms with Crippen LogP contribution in [0.4, 0.5) is 18.9 Å². The SMILES string of the molecule is Cc1ccc(OC[C@H](O)C[NH+]2CCN(c3cccc(C(F)(F)F)c3)CC2)cc1. The number of hydrogen-bond acceptors (Lipinski definition) is 3. The summed E-state index contributed by atoms with van der Waals surface area (Å²) in [6.45, 7) is 5.62. The third kappa shape index (κ3) is 5.62. The van der Waals surface area contributed by atoms with Gasteiger partial charge in [-0.1, -0.05) is 23.8 Å². The summed E-state index contributed by atoms with van der Waals surface area (Å²) in [4.78, 5) is 3.19. The molecule has 1 aliphatic heterocycles. The molecule has 7 heteroatoms. The molecule has 2 N–H and O–H groups in total. The molecule has 3 rings (SSSR count). The Balaban J connectivity index is 1.45. The van der Waals surface area contributed by atoms with E-state index < -0.39 is 17.8 Å². The van der Waals surface area contributed by atoms with E-state index in [0.29, 0.717) is 25.3 Å². The van der Waals surface area contributed by atoms with Crippen molar-refractivity contribution in [3.8, 4) is 5.75 Å². The lowest BCUT2D eigenvalue weighted by Gasteiger charge is -2.34. The first-order valence-electron chi connectivity index (χ1n) is 9.44. The summed E-state index contributed by atoms with van der Waals surface area (Å²) >= 11 is 0. The van der Waals surface area contributed by atoms with Gasteiger partial charge in [-0.2, -0.15) is 13.2 Å². The van der Waals surface area contributed by atoms with Crippen molar-refractivity contribution in [2.24, 2.45) is 0 Å². The van der Waals surface area contributed by atoms with E-state index >= 15 is 0 Å². The molecule has 0 unspecified atom stereocenters. The predicted molar refractivity (Wildman–Crippen MR) is 102 cm³/mol. The fraction of sp³-hybridized carbons (Fsp3) is 0.429. The van der Waals surface area contributed by atoms with Crippen LogP contribution in [0.1, 0.15) is 11.1 Å². The minimum absolute atomic E-state index is 0.226. The van der Waals surface area contributed by atoms with Crippen LogP contribution in [0.15, 0.2) is 48.5 Å². The third-order valence-corrected chi connectivity index (χ3v) is 5.00. The normalized spacial score (nSPS) is 16.8. The van der Waals surface area contributed by atoms with Gasteiger partial charge in [0.2, 0.25) is 0 Å². The predicted octanol–water partition coefficient (Wildman–Crippen LogP) is 2.16. The number of aliphatic hydroxyl groups is 1.